The van der Waals surface area contributed by atoms with Crippen LogP contribution in [0.15, 0.2) is 102 Å². The predicted octanol–water partition coefficient (Wildman–Crippen LogP) is 7.64. The molecule has 5 aromatic rings. The number of carbonyl (C=O) groups is 1. The normalized spacial score (nSPS) is 11.4. The topological polar surface area (TPSA) is 60.5 Å². The molecule has 2 heterocycles. The Morgan fingerprint density at radius 3 is 2.35 bits per heavy atom. The van der Waals surface area contributed by atoms with Crippen molar-refractivity contribution in [2.24, 2.45) is 7.05 Å². The molecular formula is C31H26F3N3O3. The summed E-state index contributed by atoms with van der Waals surface area (Å²) >= 11 is 0. The SMILES string of the molecule is Cc1cccc(Oc2c(CN(Cc3ccco3)C(=O)c3ccc(C(F)(F)F)cc3)c(-c3ccccc3)nn2C)c1. The van der Waals surface area contributed by atoms with Crippen molar-refractivity contribution in [3.8, 4) is 22.9 Å². The van der Waals surface area contributed by atoms with E-state index in [-0.39, 0.29) is 18.7 Å². The second-order valence-electron chi connectivity index (χ2n) is 9.36. The van der Waals surface area contributed by atoms with Crippen molar-refractivity contribution in [1.29, 1.82) is 0 Å². The second-order valence-corrected chi connectivity index (χ2v) is 9.36. The van der Waals surface area contributed by atoms with E-state index in [0.717, 1.165) is 23.3 Å². The van der Waals surface area contributed by atoms with E-state index in [4.69, 9.17) is 14.3 Å². The average molecular weight is 546 g/mol. The first kappa shape index (κ1) is 26.8. The zero-order valence-corrected chi connectivity index (χ0v) is 21.9. The number of carbonyl (C=O) groups excluding carboxylic acids is 1. The van der Waals surface area contributed by atoms with Crippen molar-refractivity contribution in [2.45, 2.75) is 26.2 Å². The van der Waals surface area contributed by atoms with Crippen LogP contribution in [0, 0.1) is 6.92 Å². The molecule has 0 saturated carbocycles. The molecule has 9 heteroatoms. The Kier molecular flexibility index (Phi) is 7.46. The quantitative estimate of drug-likeness (QED) is 0.201. The van der Waals surface area contributed by atoms with Gasteiger partial charge in [0.2, 0.25) is 5.88 Å². The van der Waals surface area contributed by atoms with E-state index in [1.165, 1.54) is 23.3 Å². The average Bonchev–Trinajstić information content (AvgIpc) is 3.56. The molecule has 0 spiro atoms. The lowest BCUT2D eigenvalue weighted by molar-refractivity contribution is -0.137. The fourth-order valence-electron chi connectivity index (χ4n) is 4.41. The van der Waals surface area contributed by atoms with E-state index in [1.807, 2.05) is 61.5 Å². The molecule has 0 bridgehead atoms. The Labute approximate surface area is 229 Å². The van der Waals surface area contributed by atoms with Gasteiger partial charge in [-0.2, -0.15) is 18.3 Å². The molecule has 6 nitrogen and oxygen atoms in total. The maximum Gasteiger partial charge on any atom is 0.416 e. The summed E-state index contributed by atoms with van der Waals surface area (Å²) in [6.07, 6.45) is -3.00. The summed E-state index contributed by atoms with van der Waals surface area (Å²) in [4.78, 5) is 15.2. The molecule has 0 fully saturated rings. The maximum atomic E-state index is 13.7. The first-order valence-electron chi connectivity index (χ1n) is 12.5. The molecule has 0 atom stereocenters. The van der Waals surface area contributed by atoms with E-state index >= 15 is 0 Å². The summed E-state index contributed by atoms with van der Waals surface area (Å²) in [6.45, 7) is 2.10. The highest BCUT2D eigenvalue weighted by Gasteiger charge is 2.31. The highest BCUT2D eigenvalue weighted by molar-refractivity contribution is 5.94. The molecule has 40 heavy (non-hydrogen) atoms. The van der Waals surface area contributed by atoms with Gasteiger partial charge in [-0.3, -0.25) is 4.79 Å². The van der Waals surface area contributed by atoms with Crippen molar-refractivity contribution >= 4 is 5.91 Å². The zero-order chi connectivity index (χ0) is 28.3. The van der Waals surface area contributed by atoms with Gasteiger partial charge < -0.3 is 14.1 Å². The first-order chi connectivity index (χ1) is 19.2. The number of benzene rings is 3. The largest absolute Gasteiger partial charge is 0.467 e. The number of alkyl halides is 3. The smallest absolute Gasteiger partial charge is 0.416 e. The minimum Gasteiger partial charge on any atom is -0.467 e. The Bertz CT molecular complexity index is 1590. The van der Waals surface area contributed by atoms with Gasteiger partial charge in [0, 0.05) is 18.2 Å². The molecule has 0 aliphatic heterocycles. The highest BCUT2D eigenvalue weighted by atomic mass is 19.4. The molecule has 0 aliphatic rings. The fourth-order valence-corrected chi connectivity index (χ4v) is 4.41. The third kappa shape index (κ3) is 5.93. The number of halogens is 3. The molecule has 5 rings (SSSR count). The van der Waals surface area contributed by atoms with Gasteiger partial charge in [-0.1, -0.05) is 42.5 Å². The van der Waals surface area contributed by atoms with Gasteiger partial charge in [0.25, 0.3) is 5.91 Å². The minimum absolute atomic E-state index is 0.0553. The van der Waals surface area contributed by atoms with E-state index in [9.17, 15) is 18.0 Å². The van der Waals surface area contributed by atoms with Gasteiger partial charge in [0.1, 0.15) is 17.2 Å². The Morgan fingerprint density at radius 2 is 1.70 bits per heavy atom. The lowest BCUT2D eigenvalue weighted by Crippen LogP contribution is -2.30. The van der Waals surface area contributed by atoms with E-state index < -0.39 is 17.6 Å². The van der Waals surface area contributed by atoms with Gasteiger partial charge in [-0.25, -0.2) is 4.68 Å². The van der Waals surface area contributed by atoms with E-state index in [1.54, 1.807) is 23.9 Å². The molecule has 3 aromatic carbocycles. The van der Waals surface area contributed by atoms with Crippen molar-refractivity contribution in [2.75, 3.05) is 0 Å². The molecule has 0 saturated heterocycles. The highest BCUT2D eigenvalue weighted by Crippen LogP contribution is 2.35. The molecule has 2 aromatic heterocycles. The molecule has 0 aliphatic carbocycles. The molecule has 1 amide bonds. The summed E-state index contributed by atoms with van der Waals surface area (Å²) in [6, 6.07) is 24.7. The second kappa shape index (κ2) is 11.1. The summed E-state index contributed by atoms with van der Waals surface area (Å²) in [5, 5.41) is 4.73. The number of rotatable bonds is 8. The van der Waals surface area contributed by atoms with E-state index in [2.05, 4.69) is 0 Å². The maximum absolute atomic E-state index is 13.7. The van der Waals surface area contributed by atoms with E-state index in [0.29, 0.717) is 28.6 Å². The Hall–Kier alpha value is -4.79. The summed E-state index contributed by atoms with van der Waals surface area (Å²) in [5.41, 5.74) is 2.39. The first-order valence-corrected chi connectivity index (χ1v) is 12.5. The zero-order valence-electron chi connectivity index (χ0n) is 21.9. The van der Waals surface area contributed by atoms with Crippen LogP contribution in [0.3, 0.4) is 0 Å². The third-order valence-corrected chi connectivity index (χ3v) is 6.36. The predicted molar refractivity (Wildman–Crippen MR) is 144 cm³/mol. The number of hydrogen-bond donors (Lipinski definition) is 0. The Morgan fingerprint density at radius 1 is 0.950 bits per heavy atom. The minimum atomic E-state index is -4.50. The number of aromatic nitrogens is 2. The van der Waals surface area contributed by atoms with Crippen molar-refractivity contribution in [1.82, 2.24) is 14.7 Å². The molecule has 0 radical (unpaired) electrons. The number of nitrogens with zero attached hydrogens (tertiary/aromatic N) is 3. The fraction of sp³-hybridized carbons (Fsp3) is 0.161. The van der Waals surface area contributed by atoms with Gasteiger partial charge in [-0.05, 0) is 61.0 Å². The van der Waals surface area contributed by atoms with Crippen LogP contribution < -0.4 is 4.74 Å². The number of amides is 1. The van der Waals surface area contributed by atoms with Crippen LogP contribution in [-0.2, 0) is 26.3 Å². The van der Waals surface area contributed by atoms with Crippen LogP contribution in [0.5, 0.6) is 11.6 Å². The number of hydrogen-bond acceptors (Lipinski definition) is 4. The van der Waals surface area contributed by atoms with Gasteiger partial charge in [0.15, 0.2) is 0 Å². The van der Waals surface area contributed by atoms with Crippen LogP contribution >= 0.6 is 0 Å². The lowest BCUT2D eigenvalue weighted by Gasteiger charge is -2.23. The van der Waals surface area contributed by atoms with Crippen LogP contribution in [0.1, 0.15) is 32.8 Å². The summed E-state index contributed by atoms with van der Waals surface area (Å²) in [5.74, 6) is 1.10. The number of aryl methyl sites for hydroxylation is 2. The summed E-state index contributed by atoms with van der Waals surface area (Å²) < 4.78 is 52.9. The van der Waals surface area contributed by atoms with Crippen LogP contribution in [0.25, 0.3) is 11.3 Å². The van der Waals surface area contributed by atoms with Crippen LogP contribution in [-0.4, -0.2) is 20.6 Å². The molecule has 0 N–H and O–H groups in total. The van der Waals surface area contributed by atoms with Gasteiger partial charge in [-0.15, -0.1) is 0 Å². The van der Waals surface area contributed by atoms with Crippen LogP contribution in [0.2, 0.25) is 0 Å². The van der Waals surface area contributed by atoms with Crippen LogP contribution in [0.4, 0.5) is 13.2 Å². The third-order valence-electron chi connectivity index (χ3n) is 6.36. The van der Waals surface area contributed by atoms with Crippen molar-refractivity contribution < 1.29 is 27.1 Å². The standard InChI is InChI=1S/C31H26F3N3O3/c1-21-8-6-11-25(18-21)40-30-27(28(35-36(30)2)22-9-4-3-5-10-22)20-37(19-26-12-7-17-39-26)29(38)23-13-15-24(16-14-23)31(32,33)34/h3-18H,19-20H2,1-2H3. The lowest BCUT2D eigenvalue weighted by atomic mass is 10.1. The monoisotopic (exact) mass is 545 g/mol. The molecular weight excluding hydrogens is 519 g/mol. The van der Waals surface area contributed by atoms with Crippen molar-refractivity contribution in [3.05, 3.63) is 125 Å². The van der Waals surface area contributed by atoms with Crippen molar-refractivity contribution in [3.63, 3.8) is 0 Å². The number of furan rings is 1. The number of ether oxygens (including phenoxy) is 1. The Balaban J connectivity index is 1.57. The van der Waals surface area contributed by atoms with Gasteiger partial charge in [0.05, 0.1) is 30.5 Å². The molecule has 0 unspecified atom stereocenters. The summed E-state index contributed by atoms with van der Waals surface area (Å²) in [7, 11) is 1.76. The molecule has 204 valence electrons. The van der Waals surface area contributed by atoms with Gasteiger partial charge >= 0.3 is 6.18 Å².